The number of benzene rings is 1. The summed E-state index contributed by atoms with van der Waals surface area (Å²) < 4.78 is 18.9. The monoisotopic (exact) mass is 323 g/mol. The van der Waals surface area contributed by atoms with Crippen molar-refractivity contribution in [3.8, 4) is 0 Å². The highest BCUT2D eigenvalue weighted by Crippen LogP contribution is 2.13. The summed E-state index contributed by atoms with van der Waals surface area (Å²) in [4.78, 5) is 25.3. The molecule has 2 atom stereocenters. The molecule has 1 saturated heterocycles. The topological polar surface area (TPSA) is 84.7 Å². The van der Waals surface area contributed by atoms with Crippen molar-refractivity contribution in [2.24, 2.45) is 5.73 Å². The number of nitrogens with zero attached hydrogens (tertiary/aromatic N) is 1. The number of rotatable bonds is 5. The van der Waals surface area contributed by atoms with Crippen LogP contribution >= 0.6 is 0 Å². The maximum atomic E-state index is 13.5. The highest BCUT2D eigenvalue weighted by molar-refractivity contribution is 5.83. The average molecular weight is 323 g/mol. The van der Waals surface area contributed by atoms with E-state index in [1.165, 1.54) is 6.07 Å². The van der Waals surface area contributed by atoms with Gasteiger partial charge in [0.05, 0.1) is 19.3 Å². The van der Waals surface area contributed by atoms with Crippen molar-refractivity contribution in [2.45, 2.75) is 32.5 Å². The molecule has 0 bridgehead atoms. The zero-order valence-electron chi connectivity index (χ0n) is 13.3. The molecule has 0 aromatic heterocycles. The largest absolute Gasteiger partial charge is 0.375 e. The molecule has 1 aliphatic rings. The fourth-order valence-corrected chi connectivity index (χ4v) is 2.66. The average Bonchev–Trinajstić information content (AvgIpc) is 2.48. The second kappa shape index (κ2) is 7.52. The summed E-state index contributed by atoms with van der Waals surface area (Å²) in [5.74, 6) is -1.05. The molecular weight excluding hydrogens is 301 g/mol. The zero-order valence-corrected chi connectivity index (χ0v) is 13.3. The van der Waals surface area contributed by atoms with Crippen LogP contribution in [0, 0.1) is 12.7 Å². The summed E-state index contributed by atoms with van der Waals surface area (Å²) in [7, 11) is 0. The maximum Gasteiger partial charge on any atom is 0.237 e. The van der Waals surface area contributed by atoms with E-state index < -0.39 is 11.9 Å². The predicted molar refractivity (Wildman–Crippen MR) is 83.0 cm³/mol. The van der Waals surface area contributed by atoms with Crippen molar-refractivity contribution in [2.75, 3.05) is 19.7 Å². The van der Waals surface area contributed by atoms with Gasteiger partial charge in [-0.25, -0.2) is 4.39 Å². The van der Waals surface area contributed by atoms with E-state index in [1.54, 1.807) is 30.9 Å². The molecule has 0 spiro atoms. The van der Waals surface area contributed by atoms with Crippen LogP contribution in [-0.4, -0.2) is 48.6 Å². The van der Waals surface area contributed by atoms with Crippen LogP contribution < -0.4 is 11.1 Å². The summed E-state index contributed by atoms with van der Waals surface area (Å²) in [5, 5.41) is 2.73. The molecule has 0 radical (unpaired) electrons. The van der Waals surface area contributed by atoms with Crippen molar-refractivity contribution < 1.29 is 18.7 Å². The smallest absolute Gasteiger partial charge is 0.237 e. The first-order chi connectivity index (χ1) is 10.9. The molecule has 0 aliphatic carbocycles. The fourth-order valence-electron chi connectivity index (χ4n) is 2.66. The van der Waals surface area contributed by atoms with Crippen LogP contribution in [0.25, 0.3) is 0 Å². The van der Waals surface area contributed by atoms with E-state index in [-0.39, 0.29) is 30.9 Å². The lowest BCUT2D eigenvalue weighted by Crippen LogP contribution is -2.58. The van der Waals surface area contributed by atoms with Gasteiger partial charge in [-0.05, 0) is 31.0 Å². The number of hydrogen-bond acceptors (Lipinski definition) is 4. The molecule has 23 heavy (non-hydrogen) atoms. The van der Waals surface area contributed by atoms with Gasteiger partial charge in [-0.2, -0.15) is 0 Å². The van der Waals surface area contributed by atoms with Crippen LogP contribution in [0.15, 0.2) is 18.2 Å². The number of ether oxygens (including phenoxy) is 1. The van der Waals surface area contributed by atoms with Gasteiger partial charge < -0.3 is 15.8 Å². The highest BCUT2D eigenvalue weighted by atomic mass is 19.1. The second-order valence-corrected chi connectivity index (χ2v) is 5.75. The first-order valence-corrected chi connectivity index (χ1v) is 7.55. The van der Waals surface area contributed by atoms with Crippen molar-refractivity contribution in [3.05, 3.63) is 35.1 Å². The lowest BCUT2D eigenvalue weighted by Gasteiger charge is -2.37. The SMILES string of the molecule is Cc1ccc(CNC(=O)CN2CCO[C@H](C)[C@H]2C(N)=O)cc1F. The van der Waals surface area contributed by atoms with Crippen LogP contribution in [0.4, 0.5) is 4.39 Å². The number of carbonyl (C=O) groups excluding carboxylic acids is 2. The van der Waals surface area contributed by atoms with Gasteiger partial charge in [0.2, 0.25) is 11.8 Å². The number of primary amides is 1. The molecule has 1 aliphatic heterocycles. The Hall–Kier alpha value is -1.99. The number of nitrogens with two attached hydrogens (primary N) is 1. The molecule has 1 heterocycles. The molecule has 3 N–H and O–H groups in total. The standard InChI is InChI=1S/C16H22FN3O3/c1-10-3-4-12(7-13(10)17)8-19-14(21)9-20-5-6-23-11(2)15(20)16(18)22/h3-4,7,11,15H,5-6,8-9H2,1-2H3,(H2,18,22)(H,19,21)/t11-,15+/m1/s1. The lowest BCUT2D eigenvalue weighted by molar-refractivity contribution is -0.139. The van der Waals surface area contributed by atoms with Gasteiger partial charge in [0.25, 0.3) is 0 Å². The molecule has 0 saturated carbocycles. The Morgan fingerprint density at radius 1 is 1.48 bits per heavy atom. The van der Waals surface area contributed by atoms with Crippen molar-refractivity contribution >= 4 is 11.8 Å². The normalized spacial score (nSPS) is 21.9. The summed E-state index contributed by atoms with van der Waals surface area (Å²) >= 11 is 0. The second-order valence-electron chi connectivity index (χ2n) is 5.75. The van der Waals surface area contributed by atoms with Crippen molar-refractivity contribution in [3.63, 3.8) is 0 Å². The number of halogens is 1. The van der Waals surface area contributed by atoms with Gasteiger partial charge >= 0.3 is 0 Å². The molecule has 6 nitrogen and oxygen atoms in total. The summed E-state index contributed by atoms with van der Waals surface area (Å²) in [6.07, 6.45) is -0.347. The minimum Gasteiger partial charge on any atom is -0.375 e. The van der Waals surface area contributed by atoms with E-state index in [0.717, 1.165) is 0 Å². The van der Waals surface area contributed by atoms with Gasteiger partial charge in [0.15, 0.2) is 0 Å². The zero-order chi connectivity index (χ0) is 17.0. The highest BCUT2D eigenvalue weighted by Gasteiger charge is 2.34. The number of hydrogen-bond donors (Lipinski definition) is 2. The number of nitrogens with one attached hydrogen (secondary N) is 1. The van der Waals surface area contributed by atoms with Crippen LogP contribution in [0.2, 0.25) is 0 Å². The number of aryl methyl sites for hydroxylation is 1. The van der Waals surface area contributed by atoms with Crippen LogP contribution in [0.5, 0.6) is 0 Å². The fraction of sp³-hybridized carbons (Fsp3) is 0.500. The lowest BCUT2D eigenvalue weighted by atomic mass is 10.1. The molecule has 126 valence electrons. The van der Waals surface area contributed by atoms with Crippen LogP contribution in [0.1, 0.15) is 18.1 Å². The van der Waals surface area contributed by atoms with Crippen molar-refractivity contribution in [1.82, 2.24) is 10.2 Å². The van der Waals surface area contributed by atoms with Gasteiger partial charge in [-0.1, -0.05) is 12.1 Å². The van der Waals surface area contributed by atoms with Crippen LogP contribution in [0.3, 0.4) is 0 Å². The molecule has 7 heteroatoms. The third-order valence-electron chi connectivity index (χ3n) is 3.96. The first kappa shape index (κ1) is 17.4. The van der Waals surface area contributed by atoms with Crippen LogP contribution in [-0.2, 0) is 20.9 Å². The van der Waals surface area contributed by atoms with Gasteiger partial charge in [-0.15, -0.1) is 0 Å². The predicted octanol–water partition coefficient (Wildman–Crippen LogP) is 0.325. The minimum absolute atomic E-state index is 0.0512. The molecule has 1 aromatic carbocycles. The van der Waals surface area contributed by atoms with Crippen molar-refractivity contribution in [1.29, 1.82) is 0 Å². The number of morpholine rings is 1. The molecular formula is C16H22FN3O3. The van der Waals surface area contributed by atoms with E-state index in [2.05, 4.69) is 5.32 Å². The molecule has 0 unspecified atom stereocenters. The van der Waals surface area contributed by atoms with E-state index in [9.17, 15) is 14.0 Å². The summed E-state index contributed by atoms with van der Waals surface area (Å²) in [6, 6.07) is 4.22. The van der Waals surface area contributed by atoms with E-state index in [0.29, 0.717) is 24.3 Å². The Morgan fingerprint density at radius 2 is 2.22 bits per heavy atom. The maximum absolute atomic E-state index is 13.5. The number of carbonyl (C=O) groups is 2. The van der Waals surface area contributed by atoms with Gasteiger partial charge in [0, 0.05) is 13.1 Å². The molecule has 2 amide bonds. The first-order valence-electron chi connectivity index (χ1n) is 7.55. The molecule has 2 rings (SSSR count). The summed E-state index contributed by atoms with van der Waals surface area (Å²) in [5.41, 5.74) is 6.63. The quantitative estimate of drug-likeness (QED) is 0.817. The third kappa shape index (κ3) is 4.49. The Morgan fingerprint density at radius 3 is 2.87 bits per heavy atom. The third-order valence-corrected chi connectivity index (χ3v) is 3.96. The summed E-state index contributed by atoms with van der Waals surface area (Å²) in [6.45, 7) is 4.63. The minimum atomic E-state index is -0.619. The van der Waals surface area contributed by atoms with E-state index >= 15 is 0 Å². The Bertz CT molecular complexity index is 594. The Balaban J connectivity index is 1.90. The van der Waals surface area contributed by atoms with Gasteiger partial charge in [-0.3, -0.25) is 14.5 Å². The van der Waals surface area contributed by atoms with Gasteiger partial charge in [0.1, 0.15) is 11.9 Å². The van der Waals surface area contributed by atoms with E-state index in [4.69, 9.17) is 10.5 Å². The number of amides is 2. The molecule has 1 fully saturated rings. The Kier molecular flexibility index (Phi) is 5.68. The Labute approximate surface area is 134 Å². The molecule has 1 aromatic rings. The van der Waals surface area contributed by atoms with E-state index in [1.807, 2.05) is 0 Å².